The van der Waals surface area contributed by atoms with Crippen LogP contribution in [-0.4, -0.2) is 20.4 Å². The van der Waals surface area contributed by atoms with Crippen molar-refractivity contribution in [2.45, 2.75) is 69.8 Å². The maximum Gasteiger partial charge on any atom is 0.0815 e. The van der Waals surface area contributed by atoms with Gasteiger partial charge in [-0.05, 0) is 32.1 Å². The monoisotopic (exact) mass is 240 g/mol. The van der Waals surface area contributed by atoms with E-state index in [2.05, 4.69) is 19.7 Å². The first-order chi connectivity index (χ1) is 7.67. The van der Waals surface area contributed by atoms with Crippen LogP contribution in [0.4, 0.5) is 0 Å². The Morgan fingerprint density at radius 1 is 1.25 bits per heavy atom. The SMILES string of the molecule is C=CCCCCC[Si](C)(C)C1CCCCO1. The van der Waals surface area contributed by atoms with Crippen LogP contribution >= 0.6 is 0 Å². The number of hydrogen-bond acceptors (Lipinski definition) is 1. The molecule has 0 spiro atoms. The summed E-state index contributed by atoms with van der Waals surface area (Å²) in [5.74, 6) is 0. The predicted molar refractivity (Wildman–Crippen MR) is 74.5 cm³/mol. The lowest BCUT2D eigenvalue weighted by Gasteiger charge is -2.35. The molecule has 0 aromatic carbocycles. The molecule has 1 nitrogen and oxygen atoms in total. The molecule has 0 saturated carbocycles. The number of allylic oxidation sites excluding steroid dienone is 1. The average Bonchev–Trinajstić information content (AvgIpc) is 2.30. The molecule has 1 heterocycles. The van der Waals surface area contributed by atoms with Crippen LogP contribution in [0.15, 0.2) is 12.7 Å². The molecule has 0 aromatic heterocycles. The minimum absolute atomic E-state index is 0.639. The maximum absolute atomic E-state index is 5.97. The van der Waals surface area contributed by atoms with Gasteiger partial charge in [-0.2, -0.15) is 0 Å². The van der Waals surface area contributed by atoms with Crippen LogP contribution in [-0.2, 0) is 4.74 Å². The Labute approximate surface area is 102 Å². The van der Waals surface area contributed by atoms with E-state index in [4.69, 9.17) is 4.74 Å². The second-order valence-electron chi connectivity index (χ2n) is 5.73. The Hall–Kier alpha value is -0.0831. The Bertz CT molecular complexity index is 195. The third-order valence-electron chi connectivity index (χ3n) is 3.78. The van der Waals surface area contributed by atoms with Crippen molar-refractivity contribution in [2.75, 3.05) is 6.61 Å². The smallest absolute Gasteiger partial charge is 0.0815 e. The highest BCUT2D eigenvalue weighted by Gasteiger charge is 2.32. The minimum atomic E-state index is -1.11. The van der Waals surface area contributed by atoms with E-state index >= 15 is 0 Å². The van der Waals surface area contributed by atoms with Crippen LogP contribution in [0, 0.1) is 0 Å². The van der Waals surface area contributed by atoms with Crippen molar-refractivity contribution < 1.29 is 4.74 Å². The van der Waals surface area contributed by atoms with Crippen LogP contribution in [0.25, 0.3) is 0 Å². The topological polar surface area (TPSA) is 9.23 Å². The molecule has 1 fully saturated rings. The molecule has 0 aromatic rings. The Kier molecular flexibility index (Phi) is 6.36. The molecule has 0 amide bonds. The van der Waals surface area contributed by atoms with Crippen LogP contribution in [0.5, 0.6) is 0 Å². The Morgan fingerprint density at radius 2 is 2.06 bits per heavy atom. The molecule has 0 radical (unpaired) electrons. The predicted octanol–water partition coefficient (Wildman–Crippen LogP) is 4.55. The lowest BCUT2D eigenvalue weighted by Crippen LogP contribution is -2.45. The van der Waals surface area contributed by atoms with Gasteiger partial charge in [-0.15, -0.1) is 6.58 Å². The molecule has 1 unspecified atom stereocenters. The number of unbranched alkanes of at least 4 members (excludes halogenated alkanes) is 3. The largest absolute Gasteiger partial charge is 0.382 e. The summed E-state index contributed by atoms with van der Waals surface area (Å²) in [6.07, 6.45) is 11.3. The van der Waals surface area contributed by atoms with Gasteiger partial charge < -0.3 is 4.74 Å². The zero-order chi connectivity index (χ0) is 11.9. The van der Waals surface area contributed by atoms with Gasteiger partial charge in [0.1, 0.15) is 0 Å². The van der Waals surface area contributed by atoms with Gasteiger partial charge in [-0.25, -0.2) is 0 Å². The maximum atomic E-state index is 5.97. The van der Waals surface area contributed by atoms with Gasteiger partial charge in [0.2, 0.25) is 0 Å². The van der Waals surface area contributed by atoms with E-state index in [1.165, 1.54) is 51.0 Å². The van der Waals surface area contributed by atoms with Crippen molar-refractivity contribution >= 4 is 8.07 Å². The first-order valence-electron chi connectivity index (χ1n) is 6.89. The zero-order valence-corrected chi connectivity index (χ0v) is 12.1. The van der Waals surface area contributed by atoms with E-state index in [9.17, 15) is 0 Å². The summed E-state index contributed by atoms with van der Waals surface area (Å²) in [5, 5.41) is 0. The van der Waals surface area contributed by atoms with E-state index in [1.54, 1.807) is 0 Å². The van der Waals surface area contributed by atoms with Gasteiger partial charge in [-0.3, -0.25) is 0 Å². The second-order valence-corrected chi connectivity index (χ2v) is 10.9. The molecule has 1 atom stereocenters. The Morgan fingerprint density at radius 3 is 2.69 bits per heavy atom. The van der Waals surface area contributed by atoms with Crippen LogP contribution in [0.3, 0.4) is 0 Å². The van der Waals surface area contributed by atoms with E-state index in [0.29, 0.717) is 5.73 Å². The van der Waals surface area contributed by atoms with Crippen LogP contribution in [0.2, 0.25) is 19.1 Å². The fraction of sp³-hybridized carbons (Fsp3) is 0.857. The molecule has 2 heteroatoms. The van der Waals surface area contributed by atoms with Crippen molar-refractivity contribution in [1.29, 1.82) is 0 Å². The molecule has 1 aliphatic rings. The molecule has 0 aliphatic carbocycles. The summed E-state index contributed by atoms with van der Waals surface area (Å²) in [7, 11) is -1.11. The van der Waals surface area contributed by atoms with Gasteiger partial charge in [0, 0.05) is 12.3 Å². The van der Waals surface area contributed by atoms with Gasteiger partial charge in [0.25, 0.3) is 0 Å². The highest BCUT2D eigenvalue weighted by molar-refractivity contribution is 6.78. The summed E-state index contributed by atoms with van der Waals surface area (Å²) >= 11 is 0. The molecular weight excluding hydrogens is 212 g/mol. The number of rotatable bonds is 7. The van der Waals surface area contributed by atoms with Crippen molar-refractivity contribution in [3.8, 4) is 0 Å². The third kappa shape index (κ3) is 4.83. The van der Waals surface area contributed by atoms with Crippen molar-refractivity contribution in [3.05, 3.63) is 12.7 Å². The molecular formula is C14H28OSi. The van der Waals surface area contributed by atoms with Crippen molar-refractivity contribution in [3.63, 3.8) is 0 Å². The van der Waals surface area contributed by atoms with Gasteiger partial charge in [0.15, 0.2) is 0 Å². The second kappa shape index (κ2) is 7.28. The molecule has 0 bridgehead atoms. The molecule has 1 saturated heterocycles. The molecule has 94 valence electrons. The van der Waals surface area contributed by atoms with E-state index in [1.807, 2.05) is 6.08 Å². The van der Waals surface area contributed by atoms with Gasteiger partial charge in [-0.1, -0.05) is 38.1 Å². The highest BCUT2D eigenvalue weighted by Crippen LogP contribution is 2.27. The van der Waals surface area contributed by atoms with E-state index in [-0.39, 0.29) is 0 Å². The van der Waals surface area contributed by atoms with Gasteiger partial charge in [0.05, 0.1) is 8.07 Å². The van der Waals surface area contributed by atoms with Crippen molar-refractivity contribution in [1.82, 2.24) is 0 Å². The average molecular weight is 240 g/mol. The van der Waals surface area contributed by atoms with E-state index in [0.717, 1.165) is 6.61 Å². The number of hydrogen-bond donors (Lipinski definition) is 0. The summed E-state index contributed by atoms with van der Waals surface area (Å²) in [4.78, 5) is 0. The standard InChI is InChI=1S/C14H28OSi/c1-4-5-6-7-10-13-16(2,3)14-11-8-9-12-15-14/h4,14H,1,5-13H2,2-3H3. The lowest BCUT2D eigenvalue weighted by atomic mass is 10.2. The highest BCUT2D eigenvalue weighted by atomic mass is 28.3. The summed E-state index contributed by atoms with van der Waals surface area (Å²) in [5.41, 5.74) is 0.639. The van der Waals surface area contributed by atoms with Crippen LogP contribution < -0.4 is 0 Å². The summed E-state index contributed by atoms with van der Waals surface area (Å²) < 4.78 is 5.97. The molecule has 16 heavy (non-hydrogen) atoms. The fourth-order valence-corrected chi connectivity index (χ4v) is 5.60. The Balaban J connectivity index is 2.18. The first-order valence-corrected chi connectivity index (χ1v) is 10.2. The molecule has 0 N–H and O–H groups in total. The van der Waals surface area contributed by atoms with Gasteiger partial charge >= 0.3 is 0 Å². The summed E-state index contributed by atoms with van der Waals surface area (Å²) in [6.45, 7) is 9.80. The van der Waals surface area contributed by atoms with E-state index < -0.39 is 8.07 Å². The first kappa shape index (κ1) is 14.0. The molecule has 1 rings (SSSR count). The van der Waals surface area contributed by atoms with Crippen LogP contribution in [0.1, 0.15) is 44.9 Å². The lowest BCUT2D eigenvalue weighted by molar-refractivity contribution is 0.0597. The normalized spacial score (nSPS) is 22.0. The quantitative estimate of drug-likeness (QED) is 0.360. The minimum Gasteiger partial charge on any atom is -0.382 e. The zero-order valence-electron chi connectivity index (χ0n) is 11.1. The summed E-state index contributed by atoms with van der Waals surface area (Å²) in [6, 6.07) is 1.44. The third-order valence-corrected chi connectivity index (χ3v) is 7.62. The fourth-order valence-electron chi connectivity index (χ4n) is 2.56. The molecule has 1 aliphatic heterocycles. The van der Waals surface area contributed by atoms with Crippen molar-refractivity contribution in [2.24, 2.45) is 0 Å². The number of ether oxygens (including phenoxy) is 1.